The number of nitrogens with one attached hydrogen (secondary N) is 1. The number of ether oxygens (including phenoxy) is 3. The van der Waals surface area contributed by atoms with Gasteiger partial charge in [0.25, 0.3) is 0 Å². The van der Waals surface area contributed by atoms with Crippen LogP contribution in [0.1, 0.15) is 12.0 Å². The number of hydrogen-bond acceptors (Lipinski definition) is 4. The molecule has 1 N–H and O–H groups in total. The van der Waals surface area contributed by atoms with Gasteiger partial charge >= 0.3 is 0 Å². The van der Waals surface area contributed by atoms with E-state index in [9.17, 15) is 0 Å². The molecule has 0 radical (unpaired) electrons. The van der Waals surface area contributed by atoms with Crippen molar-refractivity contribution in [3.05, 3.63) is 28.8 Å². The molecule has 20 heavy (non-hydrogen) atoms. The Labute approximate surface area is 125 Å². The summed E-state index contributed by atoms with van der Waals surface area (Å²) in [6.07, 6.45) is 1.08. The van der Waals surface area contributed by atoms with Crippen LogP contribution < -0.4 is 10.1 Å². The van der Waals surface area contributed by atoms with Gasteiger partial charge in [-0.05, 0) is 37.7 Å². The van der Waals surface area contributed by atoms with Gasteiger partial charge in [-0.25, -0.2) is 0 Å². The highest BCUT2D eigenvalue weighted by Gasteiger charge is 2.43. The van der Waals surface area contributed by atoms with Crippen molar-refractivity contribution in [1.82, 2.24) is 5.32 Å². The average molecular weight is 300 g/mol. The van der Waals surface area contributed by atoms with E-state index in [1.54, 1.807) is 7.11 Å². The number of aryl methyl sites for hydroxylation is 1. The third kappa shape index (κ3) is 3.64. The first-order valence-electron chi connectivity index (χ1n) is 6.86. The number of likely N-dealkylation sites (N-methyl/N-ethyl adjacent to an activating group) is 1. The zero-order valence-electron chi connectivity index (χ0n) is 12.2. The summed E-state index contributed by atoms with van der Waals surface area (Å²) >= 11 is 6.02. The molecule has 112 valence electrons. The van der Waals surface area contributed by atoms with Crippen molar-refractivity contribution in [2.75, 3.05) is 27.4 Å². The number of hydrogen-bond donors (Lipinski definition) is 1. The molecule has 1 aromatic rings. The van der Waals surface area contributed by atoms with E-state index in [1.807, 2.05) is 32.2 Å². The Morgan fingerprint density at radius 1 is 1.35 bits per heavy atom. The molecule has 1 aliphatic carbocycles. The molecule has 5 heteroatoms. The van der Waals surface area contributed by atoms with Crippen LogP contribution in [0, 0.1) is 6.92 Å². The minimum atomic E-state index is 0.0612. The van der Waals surface area contributed by atoms with E-state index in [4.69, 9.17) is 25.8 Å². The van der Waals surface area contributed by atoms with Crippen LogP contribution in [-0.4, -0.2) is 45.6 Å². The fraction of sp³-hybridized carbons (Fsp3) is 0.600. The maximum Gasteiger partial charge on any atom is 0.128 e. The van der Waals surface area contributed by atoms with Gasteiger partial charge in [0.05, 0.1) is 13.2 Å². The van der Waals surface area contributed by atoms with E-state index in [0.717, 1.165) is 22.8 Å². The summed E-state index contributed by atoms with van der Waals surface area (Å²) in [5.74, 6) is 0.840. The van der Waals surface area contributed by atoms with Gasteiger partial charge < -0.3 is 19.5 Å². The van der Waals surface area contributed by atoms with E-state index in [0.29, 0.717) is 19.3 Å². The second-order valence-electron chi connectivity index (χ2n) is 5.03. The molecular formula is C15H22ClNO3. The van der Waals surface area contributed by atoms with Crippen LogP contribution in [0.25, 0.3) is 0 Å². The van der Waals surface area contributed by atoms with Crippen LogP contribution in [0.4, 0.5) is 0 Å². The second-order valence-corrected chi connectivity index (χ2v) is 5.43. The molecule has 0 saturated heterocycles. The molecule has 0 aromatic heterocycles. The molecule has 0 aliphatic heterocycles. The quantitative estimate of drug-likeness (QED) is 0.785. The Bertz CT molecular complexity index is 441. The molecule has 2 rings (SSSR count). The molecular weight excluding hydrogens is 278 g/mol. The lowest BCUT2D eigenvalue weighted by molar-refractivity contribution is -0.114. The van der Waals surface area contributed by atoms with Crippen molar-refractivity contribution in [3.63, 3.8) is 0 Å². The zero-order chi connectivity index (χ0) is 14.5. The van der Waals surface area contributed by atoms with Crippen LogP contribution in [0.15, 0.2) is 18.2 Å². The molecule has 0 spiro atoms. The second kappa shape index (κ2) is 7.27. The summed E-state index contributed by atoms with van der Waals surface area (Å²) in [6, 6.07) is 6.06. The monoisotopic (exact) mass is 299 g/mol. The SMILES string of the molecule is CNC1CC(Oc2ccc(Cl)c(C)c2)C1OCCOC. The summed E-state index contributed by atoms with van der Waals surface area (Å²) in [6.45, 7) is 3.15. The molecule has 1 aromatic carbocycles. The van der Waals surface area contributed by atoms with Crippen LogP contribution in [0.2, 0.25) is 5.02 Å². The average Bonchev–Trinajstić information content (AvgIpc) is 2.43. The highest BCUT2D eigenvalue weighted by molar-refractivity contribution is 6.31. The van der Waals surface area contributed by atoms with E-state index in [1.165, 1.54) is 0 Å². The molecule has 3 atom stereocenters. The Hall–Kier alpha value is -0.810. The predicted molar refractivity (Wildman–Crippen MR) is 79.7 cm³/mol. The molecule has 0 heterocycles. The van der Waals surface area contributed by atoms with Gasteiger partial charge in [-0.2, -0.15) is 0 Å². The van der Waals surface area contributed by atoms with Gasteiger partial charge in [0.2, 0.25) is 0 Å². The smallest absolute Gasteiger partial charge is 0.128 e. The lowest BCUT2D eigenvalue weighted by Gasteiger charge is -2.43. The molecule has 0 bridgehead atoms. The van der Waals surface area contributed by atoms with Crippen LogP contribution in [0.3, 0.4) is 0 Å². The Balaban J connectivity index is 1.92. The maximum atomic E-state index is 6.02. The van der Waals surface area contributed by atoms with Crippen molar-refractivity contribution in [1.29, 1.82) is 0 Å². The zero-order valence-corrected chi connectivity index (χ0v) is 12.9. The van der Waals surface area contributed by atoms with Crippen molar-refractivity contribution < 1.29 is 14.2 Å². The summed E-state index contributed by atoms with van der Waals surface area (Å²) in [5, 5.41) is 4.00. The maximum absolute atomic E-state index is 6.02. The summed E-state index contributed by atoms with van der Waals surface area (Å²) in [5.41, 5.74) is 1.02. The Morgan fingerprint density at radius 3 is 2.80 bits per heavy atom. The third-order valence-electron chi connectivity index (χ3n) is 3.63. The first-order valence-corrected chi connectivity index (χ1v) is 7.24. The van der Waals surface area contributed by atoms with Gasteiger partial charge in [0, 0.05) is 24.6 Å². The van der Waals surface area contributed by atoms with Crippen LogP contribution in [-0.2, 0) is 9.47 Å². The molecule has 1 fully saturated rings. The van der Waals surface area contributed by atoms with E-state index in [-0.39, 0.29) is 12.2 Å². The van der Waals surface area contributed by atoms with Gasteiger partial charge in [-0.3, -0.25) is 0 Å². The van der Waals surface area contributed by atoms with Gasteiger partial charge in [-0.1, -0.05) is 11.6 Å². The minimum Gasteiger partial charge on any atom is -0.488 e. The van der Waals surface area contributed by atoms with E-state index >= 15 is 0 Å². The number of methoxy groups -OCH3 is 1. The molecule has 0 amide bonds. The van der Waals surface area contributed by atoms with Crippen molar-refractivity contribution in [2.24, 2.45) is 0 Å². The Kier molecular flexibility index (Phi) is 5.66. The predicted octanol–water partition coefficient (Wildman–Crippen LogP) is 2.42. The first-order chi connectivity index (χ1) is 9.65. The van der Waals surface area contributed by atoms with Gasteiger partial charge in [0.15, 0.2) is 0 Å². The van der Waals surface area contributed by atoms with Crippen molar-refractivity contribution in [3.8, 4) is 5.75 Å². The normalized spacial score (nSPS) is 25.3. The molecule has 1 saturated carbocycles. The first kappa shape index (κ1) is 15.6. The fourth-order valence-corrected chi connectivity index (χ4v) is 2.45. The fourth-order valence-electron chi connectivity index (χ4n) is 2.34. The lowest BCUT2D eigenvalue weighted by atomic mass is 9.85. The number of rotatable bonds is 7. The lowest BCUT2D eigenvalue weighted by Crippen LogP contribution is -2.60. The summed E-state index contributed by atoms with van der Waals surface area (Å²) < 4.78 is 16.8. The van der Waals surface area contributed by atoms with Crippen molar-refractivity contribution in [2.45, 2.75) is 31.6 Å². The largest absolute Gasteiger partial charge is 0.488 e. The standard InChI is InChI=1S/C15H22ClNO3/c1-10-8-11(4-5-12(10)16)20-14-9-13(17-2)15(14)19-7-6-18-3/h4-5,8,13-15,17H,6-7,9H2,1-3H3. The minimum absolute atomic E-state index is 0.0612. The number of benzene rings is 1. The molecule has 1 aliphatic rings. The van der Waals surface area contributed by atoms with Crippen molar-refractivity contribution >= 4 is 11.6 Å². The molecule has 4 nitrogen and oxygen atoms in total. The Morgan fingerprint density at radius 2 is 2.15 bits per heavy atom. The van der Waals surface area contributed by atoms with E-state index < -0.39 is 0 Å². The molecule has 3 unspecified atom stereocenters. The van der Waals surface area contributed by atoms with Gasteiger partial charge in [0.1, 0.15) is 18.0 Å². The summed E-state index contributed by atoms with van der Waals surface area (Å²) in [7, 11) is 3.62. The highest BCUT2D eigenvalue weighted by atomic mass is 35.5. The van der Waals surface area contributed by atoms with E-state index in [2.05, 4.69) is 5.32 Å². The van der Waals surface area contributed by atoms with Crippen LogP contribution >= 0.6 is 11.6 Å². The topological polar surface area (TPSA) is 39.7 Å². The summed E-state index contributed by atoms with van der Waals surface area (Å²) in [4.78, 5) is 0. The van der Waals surface area contributed by atoms with Crippen LogP contribution in [0.5, 0.6) is 5.75 Å². The number of halogens is 1. The highest BCUT2D eigenvalue weighted by Crippen LogP contribution is 2.30. The van der Waals surface area contributed by atoms with Gasteiger partial charge in [-0.15, -0.1) is 0 Å². The third-order valence-corrected chi connectivity index (χ3v) is 4.06.